The number of rotatable bonds is 7. The third-order valence-electron chi connectivity index (χ3n) is 4.08. The molecule has 2 heterocycles. The second-order valence-electron chi connectivity index (χ2n) is 6.02. The summed E-state index contributed by atoms with van der Waals surface area (Å²) in [5.74, 6) is 1.22. The van der Waals surface area contributed by atoms with Gasteiger partial charge < -0.3 is 24.7 Å². The maximum atomic E-state index is 13.8. The molecule has 1 aliphatic heterocycles. The molecule has 27 heavy (non-hydrogen) atoms. The molecule has 0 radical (unpaired) electrons. The summed E-state index contributed by atoms with van der Waals surface area (Å²) in [5, 5.41) is 6.54. The molecule has 6 nitrogen and oxygen atoms in total. The summed E-state index contributed by atoms with van der Waals surface area (Å²) >= 11 is 0. The second kappa shape index (κ2) is 11.1. The number of benzene rings is 1. The molecule has 0 spiro atoms. The van der Waals surface area contributed by atoms with Crippen LogP contribution in [0.2, 0.25) is 0 Å². The molecule has 0 aliphatic carbocycles. The topological polar surface area (TPSA) is 59.8 Å². The maximum absolute atomic E-state index is 13.8. The van der Waals surface area contributed by atoms with E-state index in [2.05, 4.69) is 20.2 Å². The third kappa shape index (κ3) is 6.39. The fourth-order valence-electron chi connectivity index (χ4n) is 2.89. The van der Waals surface area contributed by atoms with Gasteiger partial charge in [-0.2, -0.15) is 0 Å². The van der Waals surface area contributed by atoms with Crippen LogP contribution in [0.4, 0.5) is 4.39 Å². The van der Waals surface area contributed by atoms with Gasteiger partial charge in [0.2, 0.25) is 0 Å². The SMILES string of the molecule is CCNC(=NCCc1cc(F)cc2c1OCOC2)NCCn1cccc1.I. The van der Waals surface area contributed by atoms with Crippen LogP contribution in [-0.2, 0) is 24.3 Å². The Hall–Kier alpha value is -1.81. The number of nitrogens with one attached hydrogen (secondary N) is 2. The van der Waals surface area contributed by atoms with E-state index in [9.17, 15) is 4.39 Å². The van der Waals surface area contributed by atoms with Gasteiger partial charge in [-0.1, -0.05) is 0 Å². The lowest BCUT2D eigenvalue weighted by Crippen LogP contribution is -2.39. The van der Waals surface area contributed by atoms with E-state index in [4.69, 9.17) is 9.47 Å². The Kier molecular flexibility index (Phi) is 8.86. The Morgan fingerprint density at radius 1 is 1.26 bits per heavy atom. The Bertz CT molecular complexity index is 738. The summed E-state index contributed by atoms with van der Waals surface area (Å²) in [5.41, 5.74) is 1.59. The first kappa shape index (κ1) is 21.5. The predicted molar refractivity (Wildman–Crippen MR) is 114 cm³/mol. The van der Waals surface area contributed by atoms with Crippen LogP contribution in [-0.4, -0.2) is 37.0 Å². The van der Waals surface area contributed by atoms with Crippen LogP contribution in [0.3, 0.4) is 0 Å². The number of halogens is 2. The smallest absolute Gasteiger partial charge is 0.191 e. The number of hydrogen-bond acceptors (Lipinski definition) is 3. The van der Waals surface area contributed by atoms with E-state index < -0.39 is 0 Å². The van der Waals surface area contributed by atoms with Gasteiger partial charge in [-0.15, -0.1) is 24.0 Å². The minimum Gasteiger partial charge on any atom is -0.467 e. The van der Waals surface area contributed by atoms with Crippen molar-refractivity contribution in [3.8, 4) is 5.75 Å². The highest BCUT2D eigenvalue weighted by atomic mass is 127. The molecule has 148 valence electrons. The minimum atomic E-state index is -0.270. The van der Waals surface area contributed by atoms with Crippen LogP contribution in [0.1, 0.15) is 18.1 Å². The third-order valence-corrected chi connectivity index (χ3v) is 4.08. The first-order valence-corrected chi connectivity index (χ1v) is 8.91. The summed E-state index contributed by atoms with van der Waals surface area (Å²) in [7, 11) is 0. The van der Waals surface area contributed by atoms with Crippen molar-refractivity contribution in [1.29, 1.82) is 0 Å². The summed E-state index contributed by atoms with van der Waals surface area (Å²) < 4.78 is 26.7. The van der Waals surface area contributed by atoms with E-state index in [0.29, 0.717) is 19.6 Å². The van der Waals surface area contributed by atoms with E-state index in [-0.39, 0.29) is 36.6 Å². The quantitative estimate of drug-likeness (QED) is 0.358. The van der Waals surface area contributed by atoms with Crippen molar-refractivity contribution in [2.75, 3.05) is 26.4 Å². The minimum absolute atomic E-state index is 0. The highest BCUT2D eigenvalue weighted by Gasteiger charge is 2.16. The molecule has 2 N–H and O–H groups in total. The average molecular weight is 488 g/mol. The Morgan fingerprint density at radius 2 is 2.07 bits per heavy atom. The Balaban J connectivity index is 0.00000261. The zero-order valence-electron chi connectivity index (χ0n) is 15.4. The van der Waals surface area contributed by atoms with Gasteiger partial charge in [-0.05, 0) is 43.2 Å². The number of hydrogen-bond donors (Lipinski definition) is 2. The molecule has 0 bridgehead atoms. The molecule has 0 saturated heterocycles. The van der Waals surface area contributed by atoms with Gasteiger partial charge >= 0.3 is 0 Å². The van der Waals surface area contributed by atoms with Crippen LogP contribution in [0.15, 0.2) is 41.7 Å². The van der Waals surface area contributed by atoms with Crippen molar-refractivity contribution in [2.24, 2.45) is 4.99 Å². The molecule has 1 aliphatic rings. The zero-order valence-corrected chi connectivity index (χ0v) is 17.7. The highest BCUT2D eigenvalue weighted by Crippen LogP contribution is 2.29. The molecule has 2 aromatic rings. The lowest BCUT2D eigenvalue weighted by atomic mass is 10.1. The zero-order chi connectivity index (χ0) is 18.2. The van der Waals surface area contributed by atoms with E-state index in [1.807, 2.05) is 31.5 Å². The van der Waals surface area contributed by atoms with Gasteiger partial charge in [0, 0.05) is 44.1 Å². The number of nitrogens with zero attached hydrogens (tertiary/aromatic N) is 2. The number of fused-ring (bicyclic) bond motifs is 1. The van der Waals surface area contributed by atoms with Gasteiger partial charge in [0.15, 0.2) is 12.8 Å². The first-order chi connectivity index (χ1) is 12.8. The largest absolute Gasteiger partial charge is 0.467 e. The normalized spacial score (nSPS) is 13.3. The monoisotopic (exact) mass is 488 g/mol. The number of guanidine groups is 1. The summed E-state index contributed by atoms with van der Waals surface area (Å²) in [6.45, 7) is 5.58. The van der Waals surface area contributed by atoms with Crippen molar-refractivity contribution in [2.45, 2.75) is 26.5 Å². The van der Waals surface area contributed by atoms with Gasteiger partial charge in [-0.25, -0.2) is 4.39 Å². The molecular formula is C19H26FIN4O2. The molecule has 1 aromatic carbocycles. The van der Waals surface area contributed by atoms with Gasteiger partial charge in [0.25, 0.3) is 0 Å². The summed E-state index contributed by atoms with van der Waals surface area (Å²) in [6.07, 6.45) is 4.67. The first-order valence-electron chi connectivity index (χ1n) is 8.91. The molecule has 3 rings (SSSR count). The molecule has 1 aromatic heterocycles. The molecular weight excluding hydrogens is 462 g/mol. The van der Waals surface area contributed by atoms with Crippen molar-refractivity contribution < 1.29 is 13.9 Å². The van der Waals surface area contributed by atoms with Crippen LogP contribution in [0.25, 0.3) is 0 Å². The van der Waals surface area contributed by atoms with E-state index in [1.54, 1.807) is 0 Å². The molecule has 0 unspecified atom stereocenters. The van der Waals surface area contributed by atoms with Gasteiger partial charge in [0.1, 0.15) is 11.6 Å². The molecule has 0 saturated carbocycles. The van der Waals surface area contributed by atoms with Crippen LogP contribution in [0.5, 0.6) is 5.75 Å². The molecule has 0 fully saturated rings. The van der Waals surface area contributed by atoms with Crippen LogP contribution in [0, 0.1) is 5.82 Å². The predicted octanol–water partition coefficient (Wildman–Crippen LogP) is 2.91. The number of aromatic nitrogens is 1. The summed E-state index contributed by atoms with van der Waals surface area (Å²) in [4.78, 5) is 4.58. The number of aliphatic imine (C=N–C) groups is 1. The Labute approximate surface area is 176 Å². The van der Waals surface area contributed by atoms with Crippen molar-refractivity contribution in [3.63, 3.8) is 0 Å². The average Bonchev–Trinajstić information content (AvgIpc) is 3.15. The van der Waals surface area contributed by atoms with Crippen molar-refractivity contribution in [1.82, 2.24) is 15.2 Å². The molecule has 8 heteroatoms. The lowest BCUT2D eigenvalue weighted by Gasteiger charge is -2.20. The second-order valence-corrected chi connectivity index (χ2v) is 6.02. The van der Waals surface area contributed by atoms with Crippen LogP contribution < -0.4 is 15.4 Å². The van der Waals surface area contributed by atoms with Crippen molar-refractivity contribution in [3.05, 3.63) is 53.6 Å². The Morgan fingerprint density at radius 3 is 2.85 bits per heavy atom. The molecule has 0 atom stereocenters. The maximum Gasteiger partial charge on any atom is 0.191 e. The van der Waals surface area contributed by atoms with E-state index in [1.165, 1.54) is 12.1 Å². The van der Waals surface area contributed by atoms with Crippen molar-refractivity contribution >= 4 is 29.9 Å². The van der Waals surface area contributed by atoms with E-state index in [0.717, 1.165) is 42.5 Å². The highest BCUT2D eigenvalue weighted by molar-refractivity contribution is 14.0. The fourth-order valence-corrected chi connectivity index (χ4v) is 2.89. The number of ether oxygens (including phenoxy) is 2. The summed E-state index contributed by atoms with van der Waals surface area (Å²) in [6, 6.07) is 7.00. The lowest BCUT2D eigenvalue weighted by molar-refractivity contribution is -0.0172. The molecule has 0 amide bonds. The fraction of sp³-hybridized carbons (Fsp3) is 0.421. The standard InChI is InChI=1S/C19H25FN4O2.HI/c1-2-21-19(23-7-10-24-8-3-4-9-24)22-6-5-15-11-17(20)12-16-13-25-14-26-18(15)16;/h3-4,8-9,11-12H,2,5-7,10,13-14H2,1H3,(H2,21,22,23);1H. The van der Waals surface area contributed by atoms with Gasteiger partial charge in [-0.3, -0.25) is 4.99 Å². The van der Waals surface area contributed by atoms with Gasteiger partial charge in [0.05, 0.1) is 6.61 Å². The van der Waals surface area contributed by atoms with Crippen LogP contribution >= 0.6 is 24.0 Å². The van der Waals surface area contributed by atoms with E-state index >= 15 is 0 Å².